The van der Waals surface area contributed by atoms with Crippen LogP contribution in [-0.2, 0) is 11.8 Å². The molecular formula is C24H17ClFN5O3. The molecule has 170 valence electrons. The Morgan fingerprint density at radius 3 is 2.56 bits per heavy atom. The second-order valence-electron chi connectivity index (χ2n) is 7.55. The lowest BCUT2D eigenvalue weighted by Crippen LogP contribution is -2.20. The van der Waals surface area contributed by atoms with Crippen LogP contribution in [-0.4, -0.2) is 32.3 Å². The van der Waals surface area contributed by atoms with Gasteiger partial charge in [-0.05, 0) is 48.0 Å². The summed E-state index contributed by atoms with van der Waals surface area (Å²) in [4.78, 5) is 33.3. The molecule has 3 heterocycles. The zero-order chi connectivity index (χ0) is 24.0. The van der Waals surface area contributed by atoms with E-state index < -0.39 is 11.9 Å². The molecule has 8 nitrogen and oxygen atoms in total. The van der Waals surface area contributed by atoms with E-state index in [0.717, 1.165) is 16.5 Å². The number of nitrogens with zero attached hydrogens (tertiary/aromatic N) is 4. The second-order valence-corrected chi connectivity index (χ2v) is 7.96. The number of hydrogen-bond acceptors (Lipinski definition) is 5. The normalized spacial score (nSPS) is 11.2. The number of carbonyl (C=O) groups is 1. The number of nitrogens with one attached hydrogen (secondary N) is 1. The predicted molar refractivity (Wildman–Crippen MR) is 128 cm³/mol. The number of hydrogen-bond donors (Lipinski definition) is 1. The Bertz CT molecular complexity index is 1640. The van der Waals surface area contributed by atoms with Gasteiger partial charge in [-0.1, -0.05) is 17.7 Å². The standard InChI is InChI=1S/C24H17ClFN5O3/c1-30-20-12-27-19-7-3-13(14-4-8-21(28-11-14)29-23(32)34-2)9-16(19)22(20)31(24(30)33)15-5-6-18(26)17(25)10-15/h3-12H,1-2H3,(H,28,29,32). The van der Waals surface area contributed by atoms with Gasteiger partial charge in [0.15, 0.2) is 0 Å². The molecule has 0 unspecified atom stereocenters. The van der Waals surface area contributed by atoms with Crippen molar-refractivity contribution in [1.29, 1.82) is 0 Å². The minimum atomic E-state index is -0.609. The summed E-state index contributed by atoms with van der Waals surface area (Å²) in [6.45, 7) is 0. The highest BCUT2D eigenvalue weighted by molar-refractivity contribution is 6.30. The summed E-state index contributed by atoms with van der Waals surface area (Å²) in [5, 5.41) is 3.16. The largest absolute Gasteiger partial charge is 0.453 e. The lowest BCUT2D eigenvalue weighted by atomic mass is 10.0. The molecule has 3 aromatic heterocycles. The first-order valence-corrected chi connectivity index (χ1v) is 10.5. The van der Waals surface area contributed by atoms with E-state index in [9.17, 15) is 14.0 Å². The van der Waals surface area contributed by atoms with Gasteiger partial charge in [-0.15, -0.1) is 0 Å². The highest BCUT2D eigenvalue weighted by Gasteiger charge is 2.17. The molecule has 5 aromatic rings. The van der Waals surface area contributed by atoms with E-state index in [2.05, 4.69) is 20.0 Å². The third-order valence-electron chi connectivity index (χ3n) is 5.56. The number of rotatable bonds is 3. The first kappa shape index (κ1) is 21.6. The third-order valence-corrected chi connectivity index (χ3v) is 5.85. The molecule has 1 amide bonds. The number of amides is 1. The van der Waals surface area contributed by atoms with Crippen LogP contribution in [0.25, 0.3) is 38.8 Å². The van der Waals surface area contributed by atoms with Gasteiger partial charge in [0.2, 0.25) is 0 Å². The molecule has 0 atom stereocenters. The van der Waals surface area contributed by atoms with Gasteiger partial charge in [-0.25, -0.2) is 19.0 Å². The molecule has 1 N–H and O–H groups in total. The number of carbonyl (C=O) groups excluding carboxylic acids is 1. The number of halogens is 2. The SMILES string of the molecule is COC(=O)Nc1ccc(-c2ccc3ncc4c(c3c2)n(-c2ccc(F)c(Cl)c2)c(=O)n4C)cn1. The molecule has 0 radical (unpaired) electrons. The van der Waals surface area contributed by atoms with Gasteiger partial charge < -0.3 is 4.74 Å². The molecule has 0 aliphatic heterocycles. The van der Waals surface area contributed by atoms with Crippen molar-refractivity contribution in [3.63, 3.8) is 0 Å². The summed E-state index contributed by atoms with van der Waals surface area (Å²) in [5.74, 6) is -0.212. The van der Waals surface area contributed by atoms with Crippen molar-refractivity contribution in [2.45, 2.75) is 0 Å². The van der Waals surface area contributed by atoms with Crippen LogP contribution in [0.1, 0.15) is 0 Å². The summed E-state index contributed by atoms with van der Waals surface area (Å²) in [7, 11) is 2.93. The summed E-state index contributed by atoms with van der Waals surface area (Å²) in [5.41, 5.74) is 3.69. The molecule has 34 heavy (non-hydrogen) atoms. The summed E-state index contributed by atoms with van der Waals surface area (Å²) in [6.07, 6.45) is 2.65. The van der Waals surface area contributed by atoms with Crippen LogP contribution >= 0.6 is 11.6 Å². The lowest BCUT2D eigenvalue weighted by Gasteiger charge is -2.09. The fourth-order valence-corrected chi connectivity index (χ4v) is 4.01. The van der Waals surface area contributed by atoms with Crippen LogP contribution in [0.15, 0.2) is 65.7 Å². The molecule has 0 spiro atoms. The molecule has 5 rings (SSSR count). The van der Waals surface area contributed by atoms with Crippen LogP contribution in [0, 0.1) is 5.82 Å². The van der Waals surface area contributed by atoms with Gasteiger partial charge in [-0.3, -0.25) is 19.4 Å². The quantitative estimate of drug-likeness (QED) is 0.398. The fourth-order valence-electron chi connectivity index (χ4n) is 3.83. The van der Waals surface area contributed by atoms with E-state index in [1.54, 1.807) is 25.5 Å². The number of imidazole rings is 1. The van der Waals surface area contributed by atoms with E-state index in [1.807, 2.05) is 24.3 Å². The first-order chi connectivity index (χ1) is 16.4. The van der Waals surface area contributed by atoms with Gasteiger partial charge in [0.1, 0.15) is 11.6 Å². The van der Waals surface area contributed by atoms with Crippen molar-refractivity contribution in [3.8, 4) is 16.8 Å². The van der Waals surface area contributed by atoms with E-state index in [4.69, 9.17) is 11.6 Å². The topological polar surface area (TPSA) is 91.0 Å². The van der Waals surface area contributed by atoms with Crippen molar-refractivity contribution >= 4 is 45.4 Å². The van der Waals surface area contributed by atoms with Crippen LogP contribution < -0.4 is 11.0 Å². The van der Waals surface area contributed by atoms with E-state index in [0.29, 0.717) is 28.1 Å². The van der Waals surface area contributed by atoms with Crippen LogP contribution in [0.2, 0.25) is 5.02 Å². The van der Waals surface area contributed by atoms with Crippen molar-refractivity contribution in [3.05, 3.63) is 82.2 Å². The van der Waals surface area contributed by atoms with Gasteiger partial charge in [0.25, 0.3) is 0 Å². The molecule has 2 aromatic carbocycles. The molecule has 0 saturated heterocycles. The Hall–Kier alpha value is -4.24. The smallest absolute Gasteiger partial charge is 0.412 e. The predicted octanol–water partition coefficient (Wildman–Crippen LogP) is 4.91. The lowest BCUT2D eigenvalue weighted by molar-refractivity contribution is 0.187. The van der Waals surface area contributed by atoms with E-state index in [1.165, 1.54) is 34.4 Å². The Morgan fingerprint density at radius 2 is 1.85 bits per heavy atom. The maximum Gasteiger partial charge on any atom is 0.412 e. The maximum absolute atomic E-state index is 13.8. The Labute approximate surface area is 197 Å². The third kappa shape index (κ3) is 3.56. The average molecular weight is 478 g/mol. The Balaban J connectivity index is 1.71. The van der Waals surface area contributed by atoms with Gasteiger partial charge >= 0.3 is 11.8 Å². The number of aromatic nitrogens is 4. The number of ether oxygens (including phenoxy) is 1. The van der Waals surface area contributed by atoms with Gasteiger partial charge in [0.05, 0.1) is 40.6 Å². The molecule has 0 bridgehead atoms. The van der Waals surface area contributed by atoms with Crippen molar-refractivity contribution < 1.29 is 13.9 Å². The zero-order valence-corrected chi connectivity index (χ0v) is 18.8. The van der Waals surface area contributed by atoms with Crippen molar-refractivity contribution in [2.24, 2.45) is 7.05 Å². The number of fused-ring (bicyclic) bond motifs is 3. The number of aryl methyl sites for hydroxylation is 1. The zero-order valence-electron chi connectivity index (χ0n) is 18.0. The second kappa shape index (κ2) is 8.27. The maximum atomic E-state index is 13.8. The number of benzene rings is 2. The molecule has 10 heteroatoms. The summed E-state index contributed by atoms with van der Waals surface area (Å²) < 4.78 is 21.3. The van der Waals surface area contributed by atoms with E-state index >= 15 is 0 Å². The van der Waals surface area contributed by atoms with Gasteiger partial charge in [0, 0.05) is 24.2 Å². The minimum absolute atomic E-state index is 0.0767. The van der Waals surface area contributed by atoms with Crippen LogP contribution in [0.4, 0.5) is 15.0 Å². The molecule has 0 fully saturated rings. The summed E-state index contributed by atoms with van der Waals surface area (Å²) in [6, 6.07) is 13.3. The fraction of sp³-hybridized carbons (Fsp3) is 0.0833. The Kier molecular flexibility index (Phi) is 5.25. The first-order valence-electron chi connectivity index (χ1n) is 10.1. The average Bonchev–Trinajstić information content (AvgIpc) is 3.11. The number of anilines is 1. The van der Waals surface area contributed by atoms with Gasteiger partial charge in [-0.2, -0.15) is 0 Å². The summed E-state index contributed by atoms with van der Waals surface area (Å²) >= 11 is 6.00. The molecule has 0 aliphatic rings. The van der Waals surface area contributed by atoms with Crippen molar-refractivity contribution in [2.75, 3.05) is 12.4 Å². The van der Waals surface area contributed by atoms with Crippen LogP contribution in [0.3, 0.4) is 0 Å². The number of methoxy groups -OCH3 is 1. The number of pyridine rings is 2. The van der Waals surface area contributed by atoms with Crippen LogP contribution in [0.5, 0.6) is 0 Å². The molecule has 0 aliphatic carbocycles. The monoisotopic (exact) mass is 477 g/mol. The highest BCUT2D eigenvalue weighted by Crippen LogP contribution is 2.30. The molecular weight excluding hydrogens is 461 g/mol. The minimum Gasteiger partial charge on any atom is -0.453 e. The molecule has 0 saturated carbocycles. The highest BCUT2D eigenvalue weighted by atomic mass is 35.5. The van der Waals surface area contributed by atoms with Crippen molar-refractivity contribution in [1.82, 2.24) is 19.1 Å². The Morgan fingerprint density at radius 1 is 1.06 bits per heavy atom. The van der Waals surface area contributed by atoms with E-state index in [-0.39, 0.29) is 10.7 Å².